The zero-order valence-electron chi connectivity index (χ0n) is 16.7. The van der Waals surface area contributed by atoms with Crippen LogP contribution in [0.1, 0.15) is 39.0 Å². The molecule has 156 valence electrons. The van der Waals surface area contributed by atoms with Crippen LogP contribution in [0.4, 0.5) is 11.4 Å². The fourth-order valence-corrected chi connectivity index (χ4v) is 4.20. The van der Waals surface area contributed by atoms with E-state index in [2.05, 4.69) is 10.6 Å². The van der Waals surface area contributed by atoms with Gasteiger partial charge in [0.2, 0.25) is 5.91 Å². The van der Waals surface area contributed by atoms with E-state index in [0.29, 0.717) is 30.0 Å². The molecule has 0 aromatic heterocycles. The second-order valence-electron chi connectivity index (χ2n) is 7.65. The Labute approximate surface area is 169 Å². The van der Waals surface area contributed by atoms with Crippen LogP contribution in [0.15, 0.2) is 18.2 Å². The highest BCUT2D eigenvalue weighted by Crippen LogP contribution is 2.40. The van der Waals surface area contributed by atoms with Crippen LogP contribution in [0.5, 0.6) is 5.75 Å². The average molecular weight is 402 g/mol. The lowest BCUT2D eigenvalue weighted by Crippen LogP contribution is -2.40. The van der Waals surface area contributed by atoms with Crippen molar-refractivity contribution in [1.82, 2.24) is 0 Å². The molecule has 0 spiro atoms. The van der Waals surface area contributed by atoms with Crippen molar-refractivity contribution in [2.75, 3.05) is 24.4 Å². The highest BCUT2D eigenvalue weighted by atomic mass is 16.5. The second kappa shape index (κ2) is 9.07. The van der Waals surface area contributed by atoms with Gasteiger partial charge in [-0.2, -0.15) is 0 Å². The molecule has 2 aliphatic carbocycles. The number of nitrogens with one attached hydrogen (secondary N) is 2. The lowest BCUT2D eigenvalue weighted by molar-refractivity contribution is -0.155. The smallest absolute Gasteiger partial charge is 0.309 e. The van der Waals surface area contributed by atoms with E-state index in [0.717, 1.165) is 19.3 Å². The number of esters is 1. The molecule has 0 saturated heterocycles. The van der Waals surface area contributed by atoms with E-state index in [1.54, 1.807) is 18.2 Å². The van der Waals surface area contributed by atoms with Gasteiger partial charge in [0, 0.05) is 24.4 Å². The van der Waals surface area contributed by atoms with Crippen molar-refractivity contribution in [2.45, 2.75) is 39.0 Å². The Balaban J connectivity index is 1.55. The van der Waals surface area contributed by atoms with Crippen molar-refractivity contribution in [3.05, 3.63) is 18.2 Å². The van der Waals surface area contributed by atoms with Crippen LogP contribution < -0.4 is 15.4 Å². The first-order valence-electron chi connectivity index (χ1n) is 9.83. The minimum Gasteiger partial charge on any atom is -0.495 e. The minimum absolute atomic E-state index is 0.0466. The van der Waals surface area contributed by atoms with E-state index in [4.69, 9.17) is 9.47 Å². The predicted octanol–water partition coefficient (Wildman–Crippen LogP) is 2.53. The summed E-state index contributed by atoms with van der Waals surface area (Å²) in [6.07, 6.45) is 3.74. The maximum atomic E-state index is 12.4. The van der Waals surface area contributed by atoms with E-state index < -0.39 is 18.5 Å². The normalized spacial score (nSPS) is 23.1. The lowest BCUT2D eigenvalue weighted by Gasteiger charge is -2.36. The first-order chi connectivity index (χ1) is 13.9. The van der Waals surface area contributed by atoms with Crippen LogP contribution in [0, 0.1) is 17.8 Å². The van der Waals surface area contributed by atoms with Gasteiger partial charge in [-0.15, -0.1) is 0 Å². The van der Waals surface area contributed by atoms with Gasteiger partial charge < -0.3 is 20.1 Å². The van der Waals surface area contributed by atoms with Crippen molar-refractivity contribution in [3.63, 3.8) is 0 Å². The molecule has 2 bridgehead atoms. The molecule has 1 unspecified atom stereocenters. The molecule has 0 aliphatic heterocycles. The number of hydrogen-bond donors (Lipinski definition) is 2. The SMILES string of the molecule is COc1ccc(NC(C)=O)cc1NC(=O)COC(=O)C1C[C@H]2CCC[C@@H](C1)C2=O. The van der Waals surface area contributed by atoms with Gasteiger partial charge in [-0.1, -0.05) is 6.42 Å². The first kappa shape index (κ1) is 20.8. The summed E-state index contributed by atoms with van der Waals surface area (Å²) in [5.41, 5.74) is 0.863. The zero-order valence-corrected chi connectivity index (χ0v) is 16.7. The summed E-state index contributed by atoms with van der Waals surface area (Å²) in [5, 5.41) is 5.26. The molecule has 2 aliphatic rings. The summed E-state index contributed by atoms with van der Waals surface area (Å²) in [5.74, 6) is -0.899. The Morgan fingerprint density at radius 3 is 2.41 bits per heavy atom. The Morgan fingerprint density at radius 1 is 1.10 bits per heavy atom. The number of methoxy groups -OCH3 is 1. The van der Waals surface area contributed by atoms with Crippen LogP contribution in [-0.2, 0) is 23.9 Å². The minimum atomic E-state index is -0.510. The number of hydrogen-bond acceptors (Lipinski definition) is 6. The maximum absolute atomic E-state index is 12.4. The first-order valence-corrected chi connectivity index (χ1v) is 9.83. The van der Waals surface area contributed by atoms with E-state index in [9.17, 15) is 19.2 Å². The highest BCUT2D eigenvalue weighted by Gasteiger charge is 2.41. The molecule has 0 heterocycles. The van der Waals surface area contributed by atoms with Crippen LogP contribution in [0.2, 0.25) is 0 Å². The molecule has 3 atom stereocenters. The van der Waals surface area contributed by atoms with E-state index in [-0.39, 0.29) is 29.4 Å². The Bertz CT molecular complexity index is 805. The van der Waals surface area contributed by atoms with Crippen LogP contribution >= 0.6 is 0 Å². The summed E-state index contributed by atoms with van der Waals surface area (Å²) >= 11 is 0. The third-order valence-corrected chi connectivity index (χ3v) is 5.52. The molecule has 2 amide bonds. The quantitative estimate of drug-likeness (QED) is 0.708. The monoisotopic (exact) mass is 402 g/mol. The molecular weight excluding hydrogens is 376 g/mol. The van der Waals surface area contributed by atoms with Crippen LogP contribution in [0.25, 0.3) is 0 Å². The van der Waals surface area contributed by atoms with Gasteiger partial charge in [-0.3, -0.25) is 19.2 Å². The summed E-state index contributed by atoms with van der Waals surface area (Å²) in [6.45, 7) is 0.959. The summed E-state index contributed by atoms with van der Waals surface area (Å²) in [7, 11) is 1.46. The van der Waals surface area contributed by atoms with E-state index in [1.807, 2.05) is 0 Å². The summed E-state index contributed by atoms with van der Waals surface area (Å²) < 4.78 is 10.4. The number of benzene rings is 1. The molecule has 2 fully saturated rings. The van der Waals surface area contributed by atoms with E-state index in [1.165, 1.54) is 14.0 Å². The topological polar surface area (TPSA) is 111 Å². The van der Waals surface area contributed by atoms with Gasteiger partial charge >= 0.3 is 5.97 Å². The number of ketones is 1. The molecule has 1 aromatic carbocycles. The number of ether oxygens (including phenoxy) is 2. The number of carbonyl (C=O) groups is 4. The van der Waals surface area contributed by atoms with Crippen LogP contribution in [-0.4, -0.2) is 37.3 Å². The molecular formula is C21H26N2O6. The van der Waals surface area contributed by atoms with Gasteiger partial charge in [0.1, 0.15) is 11.5 Å². The predicted molar refractivity (Wildman–Crippen MR) is 105 cm³/mol. The van der Waals surface area contributed by atoms with Gasteiger partial charge in [0.25, 0.3) is 5.91 Å². The fourth-order valence-electron chi connectivity index (χ4n) is 4.20. The lowest BCUT2D eigenvalue weighted by atomic mass is 9.67. The molecule has 0 radical (unpaired) electrons. The van der Waals surface area contributed by atoms with Gasteiger partial charge in [0.05, 0.1) is 18.7 Å². The van der Waals surface area contributed by atoms with Crippen molar-refractivity contribution >= 4 is 34.9 Å². The summed E-state index contributed by atoms with van der Waals surface area (Å²) in [6, 6.07) is 4.83. The Morgan fingerprint density at radius 2 is 1.79 bits per heavy atom. The number of amides is 2. The summed E-state index contributed by atoms with van der Waals surface area (Å²) in [4.78, 5) is 48.0. The molecule has 3 rings (SSSR count). The Hall–Kier alpha value is -2.90. The van der Waals surface area contributed by atoms with Gasteiger partial charge in [-0.05, 0) is 43.9 Å². The van der Waals surface area contributed by atoms with Crippen molar-refractivity contribution in [1.29, 1.82) is 0 Å². The third-order valence-electron chi connectivity index (χ3n) is 5.52. The molecule has 29 heavy (non-hydrogen) atoms. The van der Waals surface area contributed by atoms with Crippen molar-refractivity contribution in [2.24, 2.45) is 17.8 Å². The molecule has 8 nitrogen and oxygen atoms in total. The number of rotatable bonds is 6. The Kier molecular flexibility index (Phi) is 6.51. The average Bonchev–Trinajstić information content (AvgIpc) is 2.65. The number of carbonyl (C=O) groups excluding carboxylic acids is 4. The van der Waals surface area contributed by atoms with Gasteiger partial charge in [-0.25, -0.2) is 0 Å². The number of Topliss-reactive ketones (excluding diaryl/α,β-unsaturated/α-hetero) is 1. The van der Waals surface area contributed by atoms with E-state index >= 15 is 0 Å². The zero-order chi connectivity index (χ0) is 21.0. The fraction of sp³-hybridized carbons (Fsp3) is 0.524. The molecule has 2 saturated carbocycles. The largest absolute Gasteiger partial charge is 0.495 e. The molecule has 8 heteroatoms. The van der Waals surface area contributed by atoms with Gasteiger partial charge in [0.15, 0.2) is 6.61 Å². The van der Waals surface area contributed by atoms with Crippen molar-refractivity contribution < 1.29 is 28.7 Å². The maximum Gasteiger partial charge on any atom is 0.309 e. The molecule has 2 N–H and O–H groups in total. The van der Waals surface area contributed by atoms with Crippen LogP contribution in [0.3, 0.4) is 0 Å². The second-order valence-corrected chi connectivity index (χ2v) is 7.65. The number of fused-ring (bicyclic) bond motifs is 2. The standard InChI is InChI=1S/C21H26N2O6/c1-12(24)22-16-6-7-18(28-2)17(10-16)23-19(25)11-29-21(27)15-8-13-4-3-5-14(9-15)20(13)26/h6-7,10,13-15H,3-5,8-9,11H2,1-2H3,(H,22,24)(H,23,25)/t13-,14+,15?. The van der Waals surface area contributed by atoms with Crippen molar-refractivity contribution in [3.8, 4) is 5.75 Å². The number of anilines is 2. The highest BCUT2D eigenvalue weighted by molar-refractivity contribution is 5.96. The molecule has 1 aromatic rings. The third kappa shape index (κ3) is 5.13.